The first-order valence-electron chi connectivity index (χ1n) is 8.28. The summed E-state index contributed by atoms with van der Waals surface area (Å²) in [7, 11) is 0. The summed E-state index contributed by atoms with van der Waals surface area (Å²) in [6.07, 6.45) is -0.500. The van der Waals surface area contributed by atoms with E-state index in [9.17, 15) is 17.6 Å². The van der Waals surface area contributed by atoms with Crippen molar-refractivity contribution >= 4 is 24.8 Å². The summed E-state index contributed by atoms with van der Waals surface area (Å²) in [6, 6.07) is 2.90. The number of nitrogens with zero attached hydrogens (tertiary/aromatic N) is 1. The van der Waals surface area contributed by atoms with Crippen molar-refractivity contribution in [3.8, 4) is 0 Å². The zero-order valence-corrected chi connectivity index (χ0v) is 15.5. The third kappa shape index (κ3) is 5.22. The topological polar surface area (TPSA) is 15.3 Å². The Morgan fingerprint density at radius 3 is 2.20 bits per heavy atom. The van der Waals surface area contributed by atoms with Gasteiger partial charge in [0.15, 0.2) is 0 Å². The highest BCUT2D eigenvalue weighted by atomic mass is 35.5. The Morgan fingerprint density at radius 2 is 1.64 bits per heavy atom. The Hall–Kier alpha value is -0.560. The second kappa shape index (κ2) is 9.40. The van der Waals surface area contributed by atoms with Crippen molar-refractivity contribution in [3.05, 3.63) is 35.1 Å². The van der Waals surface area contributed by atoms with E-state index in [1.165, 1.54) is 6.07 Å². The minimum atomic E-state index is -4.53. The molecule has 3 rings (SSSR count). The second-order valence-corrected chi connectivity index (χ2v) is 6.50. The quantitative estimate of drug-likeness (QED) is 0.728. The molecular weight excluding hydrogens is 379 g/mol. The summed E-state index contributed by atoms with van der Waals surface area (Å²) in [6.45, 7) is 3.03. The van der Waals surface area contributed by atoms with Crippen LogP contribution in [0.15, 0.2) is 18.2 Å². The molecule has 1 aromatic rings. The van der Waals surface area contributed by atoms with Crippen molar-refractivity contribution in [3.63, 3.8) is 0 Å². The maximum Gasteiger partial charge on any atom is 0.416 e. The summed E-state index contributed by atoms with van der Waals surface area (Å²) in [5, 5.41) is 3.24. The normalized spacial score (nSPS) is 20.6. The van der Waals surface area contributed by atoms with Gasteiger partial charge in [0.2, 0.25) is 0 Å². The Balaban J connectivity index is 0.00000156. The monoisotopic (exact) mass is 402 g/mol. The van der Waals surface area contributed by atoms with Crippen LogP contribution in [-0.2, 0) is 6.18 Å². The molecular formula is C17H24Cl2F4N2. The van der Waals surface area contributed by atoms with Crippen LogP contribution in [0.1, 0.15) is 42.9 Å². The molecule has 0 bridgehead atoms. The molecule has 2 aliphatic rings. The lowest BCUT2D eigenvalue weighted by Gasteiger charge is -2.39. The number of nitrogens with one attached hydrogen (secondary N) is 1. The van der Waals surface area contributed by atoms with Gasteiger partial charge in [0.1, 0.15) is 5.82 Å². The first-order valence-corrected chi connectivity index (χ1v) is 8.28. The second-order valence-electron chi connectivity index (χ2n) is 6.50. The molecule has 1 heterocycles. The highest BCUT2D eigenvalue weighted by molar-refractivity contribution is 5.85. The van der Waals surface area contributed by atoms with E-state index < -0.39 is 17.6 Å². The first-order chi connectivity index (χ1) is 11.0. The van der Waals surface area contributed by atoms with E-state index >= 15 is 0 Å². The predicted molar refractivity (Wildman–Crippen MR) is 95.0 cm³/mol. The lowest BCUT2D eigenvalue weighted by Crippen LogP contribution is -2.47. The molecule has 1 atom stereocenters. The number of benzene rings is 1. The van der Waals surface area contributed by atoms with Crippen LogP contribution < -0.4 is 5.32 Å². The molecule has 1 saturated heterocycles. The van der Waals surface area contributed by atoms with Crippen molar-refractivity contribution in [1.82, 2.24) is 10.2 Å². The van der Waals surface area contributed by atoms with Crippen LogP contribution in [0, 0.1) is 11.7 Å². The van der Waals surface area contributed by atoms with Gasteiger partial charge in [-0.25, -0.2) is 4.39 Å². The summed E-state index contributed by atoms with van der Waals surface area (Å²) < 4.78 is 53.8. The van der Waals surface area contributed by atoms with Gasteiger partial charge in [-0.15, -0.1) is 24.8 Å². The van der Waals surface area contributed by atoms with Crippen molar-refractivity contribution in [2.24, 2.45) is 5.92 Å². The largest absolute Gasteiger partial charge is 0.416 e. The number of alkyl halides is 3. The predicted octanol–water partition coefficient (Wildman–Crippen LogP) is 4.82. The summed E-state index contributed by atoms with van der Waals surface area (Å²) in [4.78, 5) is 2.15. The first kappa shape index (κ1) is 22.5. The van der Waals surface area contributed by atoms with Gasteiger partial charge in [-0.05, 0) is 36.5 Å². The third-order valence-electron chi connectivity index (χ3n) is 5.03. The van der Waals surface area contributed by atoms with Crippen molar-refractivity contribution in [2.45, 2.75) is 37.9 Å². The van der Waals surface area contributed by atoms with Crippen LogP contribution in [0.5, 0.6) is 0 Å². The number of piperazine rings is 1. The average molecular weight is 403 g/mol. The minimum Gasteiger partial charge on any atom is -0.314 e. The van der Waals surface area contributed by atoms with Crippen LogP contribution in [0.4, 0.5) is 17.6 Å². The lowest BCUT2D eigenvalue weighted by atomic mass is 9.87. The molecule has 144 valence electrons. The third-order valence-corrected chi connectivity index (χ3v) is 5.03. The molecule has 1 aromatic carbocycles. The van der Waals surface area contributed by atoms with Crippen molar-refractivity contribution in [1.29, 1.82) is 0 Å². The standard InChI is InChI=1S/C17H22F4N2.2ClH/c18-13-5-6-14(15(11-13)17(19,20)21)16(12-3-1-2-4-12)23-9-7-22-8-10-23;;/h5-6,11-12,16,22H,1-4,7-10H2;2*1H/t16-;;/m0../s1. The molecule has 1 aliphatic heterocycles. The maximum absolute atomic E-state index is 13.4. The molecule has 1 aliphatic carbocycles. The van der Waals surface area contributed by atoms with E-state index in [-0.39, 0.29) is 42.3 Å². The fraction of sp³-hybridized carbons (Fsp3) is 0.647. The van der Waals surface area contributed by atoms with E-state index in [1.807, 2.05) is 0 Å². The fourth-order valence-electron chi connectivity index (χ4n) is 4.01. The number of rotatable bonds is 3. The van der Waals surface area contributed by atoms with Crippen molar-refractivity contribution < 1.29 is 17.6 Å². The van der Waals surface area contributed by atoms with Gasteiger partial charge in [0.25, 0.3) is 0 Å². The SMILES string of the molecule is Cl.Cl.Fc1ccc([C@H](C2CCCC2)N2CCNCC2)c(C(F)(F)F)c1. The van der Waals surface area contributed by atoms with E-state index in [4.69, 9.17) is 0 Å². The van der Waals surface area contributed by atoms with Gasteiger partial charge in [-0.1, -0.05) is 18.9 Å². The van der Waals surface area contributed by atoms with E-state index in [1.54, 1.807) is 0 Å². The van der Waals surface area contributed by atoms with Crippen LogP contribution in [0.2, 0.25) is 0 Å². The van der Waals surface area contributed by atoms with Crippen LogP contribution >= 0.6 is 24.8 Å². The van der Waals surface area contributed by atoms with Gasteiger partial charge in [0, 0.05) is 32.2 Å². The number of hydrogen-bond acceptors (Lipinski definition) is 2. The van der Waals surface area contributed by atoms with Gasteiger partial charge in [-0.2, -0.15) is 13.2 Å². The van der Waals surface area contributed by atoms with E-state index in [0.717, 1.165) is 57.9 Å². The molecule has 0 radical (unpaired) electrons. The zero-order chi connectivity index (χ0) is 16.4. The lowest BCUT2D eigenvalue weighted by molar-refractivity contribution is -0.139. The molecule has 2 nitrogen and oxygen atoms in total. The van der Waals surface area contributed by atoms with E-state index in [2.05, 4.69) is 10.2 Å². The van der Waals surface area contributed by atoms with Gasteiger partial charge >= 0.3 is 6.18 Å². The van der Waals surface area contributed by atoms with Crippen LogP contribution in [0.3, 0.4) is 0 Å². The van der Waals surface area contributed by atoms with Crippen LogP contribution in [0.25, 0.3) is 0 Å². The summed E-state index contributed by atoms with van der Waals surface area (Å²) >= 11 is 0. The zero-order valence-electron chi connectivity index (χ0n) is 13.8. The van der Waals surface area contributed by atoms with Crippen molar-refractivity contribution in [2.75, 3.05) is 26.2 Å². The summed E-state index contributed by atoms with van der Waals surface area (Å²) in [5.41, 5.74) is -0.569. The summed E-state index contributed by atoms with van der Waals surface area (Å²) in [5.74, 6) is -0.605. The Bertz CT molecular complexity index is 542. The fourth-order valence-corrected chi connectivity index (χ4v) is 4.01. The smallest absolute Gasteiger partial charge is 0.314 e. The number of hydrogen-bond donors (Lipinski definition) is 1. The highest BCUT2D eigenvalue weighted by Crippen LogP contribution is 2.44. The molecule has 0 aromatic heterocycles. The molecule has 0 unspecified atom stereocenters. The van der Waals surface area contributed by atoms with E-state index in [0.29, 0.717) is 6.07 Å². The Morgan fingerprint density at radius 1 is 1.04 bits per heavy atom. The highest BCUT2D eigenvalue weighted by Gasteiger charge is 2.40. The average Bonchev–Trinajstić information content (AvgIpc) is 3.03. The molecule has 25 heavy (non-hydrogen) atoms. The minimum absolute atomic E-state index is 0. The molecule has 1 saturated carbocycles. The van der Waals surface area contributed by atoms with Gasteiger partial charge < -0.3 is 5.32 Å². The number of halogens is 6. The molecule has 8 heteroatoms. The Kier molecular flexibility index (Phi) is 8.45. The van der Waals surface area contributed by atoms with Gasteiger partial charge in [0.05, 0.1) is 5.56 Å². The maximum atomic E-state index is 13.4. The molecule has 0 amide bonds. The Labute approximate surface area is 158 Å². The molecule has 0 spiro atoms. The molecule has 2 fully saturated rings. The van der Waals surface area contributed by atoms with Crippen LogP contribution in [-0.4, -0.2) is 31.1 Å². The van der Waals surface area contributed by atoms with Gasteiger partial charge in [-0.3, -0.25) is 4.90 Å². The molecule has 1 N–H and O–H groups in total.